The fourth-order valence-corrected chi connectivity index (χ4v) is 6.20. The molecular weight excluding hydrogens is 293 g/mol. The number of hydrogen-bond donors (Lipinski definition) is 0. The topological polar surface area (TPSA) is 29.5 Å². The predicted molar refractivity (Wildman–Crippen MR) is 92.9 cm³/mol. The first-order valence-corrected chi connectivity index (χ1v) is 10.7. The Morgan fingerprint density at radius 2 is 1.68 bits per heavy atom. The molecule has 2 saturated heterocycles. The van der Waals surface area contributed by atoms with Crippen LogP contribution in [0.1, 0.15) is 38.2 Å². The molecule has 0 saturated carbocycles. The minimum absolute atomic E-state index is 0.533. The molecule has 1 aromatic rings. The molecule has 0 radical (unpaired) electrons. The molecule has 2 heterocycles. The van der Waals surface area contributed by atoms with E-state index in [2.05, 4.69) is 43.0 Å². The molecule has 0 bridgehead atoms. The third kappa shape index (κ3) is 3.48. The van der Waals surface area contributed by atoms with Gasteiger partial charge in [-0.05, 0) is 24.3 Å². The van der Waals surface area contributed by atoms with E-state index in [1.165, 1.54) is 5.56 Å². The molecule has 2 fully saturated rings. The van der Waals surface area contributed by atoms with Crippen LogP contribution in [-0.2, 0) is 9.30 Å². The van der Waals surface area contributed by atoms with Gasteiger partial charge in [0.1, 0.15) is 7.14 Å². The predicted octanol–water partition coefficient (Wildman–Crippen LogP) is 3.29. The van der Waals surface area contributed by atoms with Gasteiger partial charge in [-0.3, -0.25) is 4.90 Å². The number of rotatable bonds is 3. The highest BCUT2D eigenvalue weighted by Crippen LogP contribution is 2.46. The summed E-state index contributed by atoms with van der Waals surface area (Å²) in [4.78, 5) is 2.54. The van der Waals surface area contributed by atoms with Crippen LogP contribution in [0.2, 0.25) is 0 Å². The lowest BCUT2D eigenvalue weighted by Crippen LogP contribution is -2.45. The van der Waals surface area contributed by atoms with Crippen molar-refractivity contribution in [3.63, 3.8) is 0 Å². The first-order valence-electron chi connectivity index (χ1n) is 8.59. The largest absolute Gasteiger partial charge is 0.381 e. The second kappa shape index (κ2) is 6.86. The Hall–Kier alpha value is -0.630. The molecule has 0 atom stereocenters. The summed E-state index contributed by atoms with van der Waals surface area (Å²) in [5.74, 6) is 0.533. The third-order valence-corrected chi connectivity index (χ3v) is 8.32. The average Bonchev–Trinajstić information content (AvgIpc) is 2.56. The van der Waals surface area contributed by atoms with Crippen molar-refractivity contribution in [1.29, 1.82) is 0 Å². The highest BCUT2D eigenvalue weighted by atomic mass is 31.2. The van der Waals surface area contributed by atoms with Crippen molar-refractivity contribution in [3.05, 3.63) is 29.8 Å². The molecule has 0 N–H and O–H groups in total. The molecule has 0 spiro atoms. The molecule has 1 aromatic carbocycles. The monoisotopic (exact) mass is 321 g/mol. The van der Waals surface area contributed by atoms with Crippen LogP contribution >= 0.6 is 7.14 Å². The maximum Gasteiger partial charge on any atom is 0.118 e. The fraction of sp³-hybridized carbons (Fsp3) is 0.667. The van der Waals surface area contributed by atoms with Crippen LogP contribution in [0.5, 0.6) is 0 Å². The summed E-state index contributed by atoms with van der Waals surface area (Å²) in [7, 11) is -2.18. The average molecular weight is 321 g/mol. The van der Waals surface area contributed by atoms with Crippen LogP contribution in [-0.4, -0.2) is 49.6 Å². The maximum atomic E-state index is 13.3. The quantitative estimate of drug-likeness (QED) is 0.800. The van der Waals surface area contributed by atoms with E-state index in [1.807, 2.05) is 0 Å². The Kier molecular flexibility index (Phi) is 5.07. The van der Waals surface area contributed by atoms with Crippen molar-refractivity contribution in [2.24, 2.45) is 0 Å². The van der Waals surface area contributed by atoms with Gasteiger partial charge in [-0.15, -0.1) is 0 Å². The maximum absolute atomic E-state index is 13.3. The van der Waals surface area contributed by atoms with Crippen molar-refractivity contribution >= 4 is 12.4 Å². The smallest absolute Gasteiger partial charge is 0.118 e. The Bertz CT molecular complexity index is 523. The lowest BCUT2D eigenvalue weighted by Gasteiger charge is -2.39. The van der Waals surface area contributed by atoms with Gasteiger partial charge in [0, 0.05) is 50.0 Å². The number of ether oxygens (including phenoxy) is 1. The standard InChI is InChI=1S/C18H28NO2P/c1-15(2)16-3-5-18(6-4-16)22(20)13-9-19(10-14-22)17-7-11-21-12-8-17/h3-6,15,17H,7-14H2,1-2H3. The molecule has 4 heteroatoms. The minimum atomic E-state index is -2.18. The summed E-state index contributed by atoms with van der Waals surface area (Å²) in [5, 5.41) is 1.09. The summed E-state index contributed by atoms with van der Waals surface area (Å²) in [6.07, 6.45) is 3.94. The van der Waals surface area contributed by atoms with Crippen molar-refractivity contribution in [3.8, 4) is 0 Å². The lowest BCUT2D eigenvalue weighted by molar-refractivity contribution is 0.0371. The zero-order chi connectivity index (χ0) is 15.6. The van der Waals surface area contributed by atoms with Crippen molar-refractivity contribution in [1.82, 2.24) is 4.90 Å². The first-order chi connectivity index (χ1) is 10.6. The van der Waals surface area contributed by atoms with E-state index in [-0.39, 0.29) is 0 Å². The molecule has 0 amide bonds. The molecule has 0 aliphatic carbocycles. The van der Waals surface area contributed by atoms with E-state index in [4.69, 9.17) is 4.74 Å². The van der Waals surface area contributed by atoms with Gasteiger partial charge in [-0.2, -0.15) is 0 Å². The van der Waals surface area contributed by atoms with E-state index < -0.39 is 7.14 Å². The van der Waals surface area contributed by atoms with Gasteiger partial charge in [-0.25, -0.2) is 0 Å². The second-order valence-electron chi connectivity index (χ2n) is 6.96. The van der Waals surface area contributed by atoms with Crippen LogP contribution in [0.25, 0.3) is 0 Å². The summed E-state index contributed by atoms with van der Waals surface area (Å²) >= 11 is 0. The first kappa shape index (κ1) is 16.2. The normalized spacial score (nSPS) is 23.8. The number of benzene rings is 1. The van der Waals surface area contributed by atoms with E-state index >= 15 is 0 Å². The van der Waals surface area contributed by atoms with Crippen molar-refractivity contribution in [2.75, 3.05) is 38.6 Å². The third-order valence-electron chi connectivity index (χ3n) is 5.23. The van der Waals surface area contributed by atoms with Gasteiger partial charge in [0.25, 0.3) is 0 Å². The van der Waals surface area contributed by atoms with E-state index in [0.29, 0.717) is 12.0 Å². The van der Waals surface area contributed by atoms with Gasteiger partial charge < -0.3 is 9.30 Å². The number of nitrogens with zero attached hydrogens (tertiary/aromatic N) is 1. The Morgan fingerprint density at radius 1 is 1.09 bits per heavy atom. The Labute approximate surface area is 134 Å². The van der Waals surface area contributed by atoms with Crippen LogP contribution in [0.3, 0.4) is 0 Å². The molecule has 0 unspecified atom stereocenters. The molecule has 3 nitrogen and oxygen atoms in total. The summed E-state index contributed by atoms with van der Waals surface area (Å²) in [5.41, 5.74) is 1.33. The Balaban J connectivity index is 1.64. The second-order valence-corrected chi connectivity index (χ2v) is 10.2. The van der Waals surface area contributed by atoms with Gasteiger partial charge in [0.15, 0.2) is 0 Å². The zero-order valence-electron chi connectivity index (χ0n) is 13.8. The molecule has 3 rings (SSSR count). The van der Waals surface area contributed by atoms with Crippen LogP contribution in [0.15, 0.2) is 24.3 Å². The van der Waals surface area contributed by atoms with Crippen molar-refractivity contribution in [2.45, 2.75) is 38.6 Å². The Morgan fingerprint density at radius 3 is 2.23 bits per heavy atom. The number of hydrogen-bond acceptors (Lipinski definition) is 3. The van der Waals surface area contributed by atoms with E-state index in [0.717, 1.165) is 56.8 Å². The summed E-state index contributed by atoms with van der Waals surface area (Å²) in [6, 6.07) is 9.18. The van der Waals surface area contributed by atoms with E-state index in [1.54, 1.807) is 0 Å². The summed E-state index contributed by atoms with van der Waals surface area (Å²) in [6.45, 7) is 8.12. The molecule has 122 valence electrons. The molecule has 2 aliphatic heterocycles. The van der Waals surface area contributed by atoms with Gasteiger partial charge in [0.2, 0.25) is 0 Å². The molecule has 0 aromatic heterocycles. The van der Waals surface area contributed by atoms with Gasteiger partial charge in [-0.1, -0.05) is 38.1 Å². The SMILES string of the molecule is CC(C)c1ccc(P2(=O)CCN(C3CCOCC3)CC2)cc1. The zero-order valence-corrected chi connectivity index (χ0v) is 14.7. The summed E-state index contributed by atoms with van der Waals surface area (Å²) < 4.78 is 18.7. The highest BCUT2D eigenvalue weighted by molar-refractivity contribution is 7.71. The van der Waals surface area contributed by atoms with Crippen LogP contribution in [0.4, 0.5) is 0 Å². The highest BCUT2D eigenvalue weighted by Gasteiger charge is 2.33. The van der Waals surface area contributed by atoms with Gasteiger partial charge >= 0.3 is 0 Å². The minimum Gasteiger partial charge on any atom is -0.381 e. The van der Waals surface area contributed by atoms with Crippen molar-refractivity contribution < 1.29 is 9.30 Å². The van der Waals surface area contributed by atoms with Crippen LogP contribution in [0, 0.1) is 0 Å². The molecule has 22 heavy (non-hydrogen) atoms. The van der Waals surface area contributed by atoms with Crippen LogP contribution < -0.4 is 5.30 Å². The molecule has 2 aliphatic rings. The molecular formula is C18H28NO2P. The van der Waals surface area contributed by atoms with Gasteiger partial charge in [0.05, 0.1) is 0 Å². The van der Waals surface area contributed by atoms with E-state index in [9.17, 15) is 4.57 Å². The fourth-order valence-electron chi connectivity index (χ4n) is 3.61. The lowest BCUT2D eigenvalue weighted by atomic mass is 10.0.